The van der Waals surface area contributed by atoms with Crippen molar-refractivity contribution in [3.8, 4) is 22.3 Å². The Morgan fingerprint density at radius 1 is 0.270 bits per heavy atom. The largest absolute Gasteiger partial charge is 0.455 e. The van der Waals surface area contributed by atoms with Gasteiger partial charge in [0.2, 0.25) is 0 Å². The van der Waals surface area contributed by atoms with E-state index in [-0.39, 0.29) is 0 Å². The minimum Gasteiger partial charge on any atom is -0.455 e. The Hall–Kier alpha value is -8.86. The fraction of sp³-hybridized carbons (Fsp3) is 0.114. The number of hydrogen-bond donors (Lipinski definition) is 0. The van der Waals surface area contributed by atoms with Gasteiger partial charge in [-0.1, -0.05) is 97.1 Å². The van der Waals surface area contributed by atoms with Crippen molar-refractivity contribution in [3.05, 3.63) is 239 Å². The van der Waals surface area contributed by atoms with Crippen molar-refractivity contribution in [3.63, 3.8) is 0 Å². The highest BCUT2D eigenvalue weighted by molar-refractivity contribution is 6.32. The SMILES string of the molecule is Cc1cc(C)cc(N(c2cc(C)cc(C)c2)c2ccc3cc4c(cc3c2)oc2c4c(-c3ccccc3)c(-c3ccccc3)c3oc4cc5cc(N(c6cc(C)cc(C)c6)c6cc(C)cc(C)c6)ccc5cc4c32)c1. The first-order chi connectivity index (χ1) is 35.9. The number of nitrogens with zero attached hydrogens (tertiary/aromatic N) is 2. The quantitative estimate of drug-likeness (QED) is 0.152. The molecule has 0 saturated heterocycles. The van der Waals surface area contributed by atoms with Gasteiger partial charge in [-0.3, -0.25) is 0 Å². The molecule has 2 heterocycles. The highest BCUT2D eigenvalue weighted by atomic mass is 16.3. The van der Waals surface area contributed by atoms with E-state index >= 15 is 0 Å². The highest BCUT2D eigenvalue weighted by Crippen LogP contribution is 2.52. The Balaban J connectivity index is 1.07. The van der Waals surface area contributed by atoms with Crippen LogP contribution in [0.2, 0.25) is 0 Å². The van der Waals surface area contributed by atoms with Gasteiger partial charge >= 0.3 is 0 Å². The Labute approximate surface area is 432 Å². The van der Waals surface area contributed by atoms with Gasteiger partial charge in [0.1, 0.15) is 22.3 Å². The second-order valence-electron chi connectivity index (χ2n) is 20.9. The molecule has 0 spiro atoms. The lowest BCUT2D eigenvalue weighted by Crippen LogP contribution is -2.11. The normalized spacial score (nSPS) is 11.8. The molecule has 4 heteroatoms. The van der Waals surface area contributed by atoms with Gasteiger partial charge < -0.3 is 18.6 Å². The third-order valence-electron chi connectivity index (χ3n) is 14.7. The first-order valence-corrected chi connectivity index (χ1v) is 25.7. The summed E-state index contributed by atoms with van der Waals surface area (Å²) in [6, 6.07) is 71.5. The fourth-order valence-electron chi connectivity index (χ4n) is 12.0. The number of hydrogen-bond acceptors (Lipinski definition) is 4. The van der Waals surface area contributed by atoms with Gasteiger partial charge in [0.25, 0.3) is 0 Å². The van der Waals surface area contributed by atoms with Gasteiger partial charge in [0.05, 0.1) is 5.39 Å². The lowest BCUT2D eigenvalue weighted by atomic mass is 9.88. The predicted molar refractivity (Wildman–Crippen MR) is 314 cm³/mol. The van der Waals surface area contributed by atoms with E-state index in [4.69, 9.17) is 8.83 Å². The van der Waals surface area contributed by atoms with Crippen LogP contribution in [0.5, 0.6) is 0 Å². The number of aryl methyl sites for hydroxylation is 8. The number of fused-ring (bicyclic) bond motifs is 9. The molecule has 0 fully saturated rings. The van der Waals surface area contributed by atoms with Crippen LogP contribution in [0.15, 0.2) is 203 Å². The molecule has 0 saturated carbocycles. The summed E-state index contributed by atoms with van der Waals surface area (Å²) in [4.78, 5) is 4.78. The molecular weight excluding hydrogens is 901 g/mol. The summed E-state index contributed by atoms with van der Waals surface area (Å²) in [5.41, 5.74) is 24.1. The molecule has 13 aromatic rings. The molecule has 0 atom stereocenters. The van der Waals surface area contributed by atoms with Crippen LogP contribution >= 0.6 is 0 Å². The van der Waals surface area contributed by atoms with E-state index in [1.54, 1.807) is 0 Å². The monoisotopic (exact) mass is 956 g/mol. The zero-order chi connectivity index (χ0) is 50.5. The fourth-order valence-corrected chi connectivity index (χ4v) is 12.0. The molecule has 0 bridgehead atoms. The van der Waals surface area contributed by atoms with Crippen molar-refractivity contribution in [2.75, 3.05) is 9.80 Å². The van der Waals surface area contributed by atoms with E-state index in [9.17, 15) is 0 Å². The van der Waals surface area contributed by atoms with E-state index in [0.717, 1.165) is 122 Å². The van der Waals surface area contributed by atoms with Crippen LogP contribution in [0.25, 0.3) is 87.7 Å². The molecular formula is C70H56N2O2. The molecule has 358 valence electrons. The average molecular weight is 957 g/mol. The Kier molecular flexibility index (Phi) is 10.6. The van der Waals surface area contributed by atoms with Gasteiger partial charge in [-0.2, -0.15) is 0 Å². The van der Waals surface area contributed by atoms with Crippen LogP contribution in [0, 0.1) is 55.4 Å². The van der Waals surface area contributed by atoms with E-state index < -0.39 is 0 Å². The summed E-state index contributed by atoms with van der Waals surface area (Å²) in [5, 5.41) is 8.59. The zero-order valence-corrected chi connectivity index (χ0v) is 43.2. The number of anilines is 6. The van der Waals surface area contributed by atoms with Crippen molar-refractivity contribution >= 4 is 99.5 Å². The topological polar surface area (TPSA) is 32.8 Å². The lowest BCUT2D eigenvalue weighted by molar-refractivity contribution is 0.664. The lowest BCUT2D eigenvalue weighted by Gasteiger charge is -2.27. The van der Waals surface area contributed by atoms with Crippen LogP contribution in [0.3, 0.4) is 0 Å². The summed E-state index contributed by atoms with van der Waals surface area (Å²) in [6.45, 7) is 17.4. The molecule has 0 unspecified atom stereocenters. The van der Waals surface area contributed by atoms with E-state index in [1.165, 1.54) is 44.5 Å². The third-order valence-corrected chi connectivity index (χ3v) is 14.7. The van der Waals surface area contributed by atoms with Crippen molar-refractivity contribution in [1.82, 2.24) is 0 Å². The molecule has 0 amide bonds. The summed E-state index contributed by atoms with van der Waals surface area (Å²) < 4.78 is 14.6. The number of furan rings is 2. The highest BCUT2D eigenvalue weighted by Gasteiger charge is 2.28. The first kappa shape index (κ1) is 45.0. The number of benzene rings is 11. The van der Waals surface area contributed by atoms with Crippen molar-refractivity contribution in [2.24, 2.45) is 0 Å². The maximum atomic E-state index is 7.34. The van der Waals surface area contributed by atoms with Crippen molar-refractivity contribution in [2.45, 2.75) is 55.4 Å². The molecule has 0 aliphatic carbocycles. The predicted octanol–water partition coefficient (Wildman–Crippen LogP) is 20.5. The molecule has 4 nitrogen and oxygen atoms in total. The summed E-state index contributed by atoms with van der Waals surface area (Å²) in [5.74, 6) is 0. The molecule has 74 heavy (non-hydrogen) atoms. The van der Waals surface area contributed by atoms with Gasteiger partial charge in [0, 0.05) is 61.4 Å². The first-order valence-electron chi connectivity index (χ1n) is 25.7. The van der Waals surface area contributed by atoms with Gasteiger partial charge in [0.15, 0.2) is 0 Å². The van der Waals surface area contributed by atoms with Gasteiger partial charge in [-0.15, -0.1) is 0 Å². The molecule has 13 rings (SSSR count). The number of rotatable bonds is 8. The van der Waals surface area contributed by atoms with E-state index in [2.05, 4.69) is 259 Å². The second-order valence-corrected chi connectivity index (χ2v) is 20.9. The molecule has 2 aromatic heterocycles. The summed E-state index contributed by atoms with van der Waals surface area (Å²) >= 11 is 0. The Morgan fingerprint density at radius 2 is 0.622 bits per heavy atom. The molecule has 0 aliphatic rings. The molecule has 0 aliphatic heterocycles. The Morgan fingerprint density at radius 3 is 1.01 bits per heavy atom. The van der Waals surface area contributed by atoms with Crippen LogP contribution in [0.1, 0.15) is 44.5 Å². The minimum absolute atomic E-state index is 0.809. The van der Waals surface area contributed by atoms with Crippen LogP contribution < -0.4 is 9.80 Å². The van der Waals surface area contributed by atoms with Crippen LogP contribution in [0.4, 0.5) is 34.1 Å². The smallest absolute Gasteiger partial charge is 0.147 e. The maximum absolute atomic E-state index is 7.34. The molecule has 0 N–H and O–H groups in total. The van der Waals surface area contributed by atoms with Crippen LogP contribution in [-0.4, -0.2) is 0 Å². The second kappa shape index (κ2) is 17.4. The van der Waals surface area contributed by atoms with Crippen LogP contribution in [-0.2, 0) is 0 Å². The third kappa shape index (κ3) is 7.77. The minimum atomic E-state index is 0.809. The standard InChI is InChI=1S/C70H56N2O2/c1-41-23-42(2)28-57(27-41)71(58-29-43(3)24-44(4)30-58)55-21-19-51-37-61-63(39-53(51)35-55)74-70-67(61)65(49-15-11-9-12-16-49)66(50-17-13-10-14-18-50)69-68(70)62-38-52-20-22-56(36-54(52)40-64(62)73-69)72(59-31-45(5)25-46(6)32-59)60-33-47(7)26-48(8)34-60/h9-40H,1-8H3. The average Bonchev–Trinajstić information content (AvgIpc) is 3.93. The maximum Gasteiger partial charge on any atom is 0.147 e. The van der Waals surface area contributed by atoms with Gasteiger partial charge in [-0.25, -0.2) is 0 Å². The summed E-state index contributed by atoms with van der Waals surface area (Å²) in [7, 11) is 0. The molecule has 0 radical (unpaired) electrons. The summed E-state index contributed by atoms with van der Waals surface area (Å²) in [6.07, 6.45) is 0. The van der Waals surface area contributed by atoms with Gasteiger partial charge in [-0.05, 0) is 230 Å². The van der Waals surface area contributed by atoms with Crippen molar-refractivity contribution < 1.29 is 8.83 Å². The van der Waals surface area contributed by atoms with E-state index in [1.807, 2.05) is 0 Å². The zero-order valence-electron chi connectivity index (χ0n) is 43.2. The molecule has 11 aromatic carbocycles. The van der Waals surface area contributed by atoms with Crippen molar-refractivity contribution in [1.29, 1.82) is 0 Å². The Bertz CT molecular complexity index is 4220. The van der Waals surface area contributed by atoms with E-state index in [0.29, 0.717) is 0 Å².